The van der Waals surface area contributed by atoms with Gasteiger partial charge in [-0.3, -0.25) is 9.59 Å². The zero-order chi connectivity index (χ0) is 18.5. The van der Waals surface area contributed by atoms with Crippen molar-refractivity contribution in [2.24, 2.45) is 0 Å². The lowest BCUT2D eigenvalue weighted by molar-refractivity contribution is 0.0853. The fourth-order valence-corrected chi connectivity index (χ4v) is 2.85. The molecule has 6 heteroatoms. The Kier molecular flexibility index (Phi) is 5.63. The highest BCUT2D eigenvalue weighted by atomic mass is 16.5. The number of hydrogen-bond acceptors (Lipinski definition) is 4. The second-order valence-electron chi connectivity index (χ2n) is 6.53. The first-order chi connectivity index (χ1) is 12.5. The summed E-state index contributed by atoms with van der Waals surface area (Å²) < 4.78 is 5.49. The summed E-state index contributed by atoms with van der Waals surface area (Å²) >= 11 is 0. The van der Waals surface area contributed by atoms with Crippen molar-refractivity contribution < 1.29 is 14.3 Å². The molecule has 2 N–H and O–H groups in total. The van der Waals surface area contributed by atoms with Gasteiger partial charge in [0, 0.05) is 18.8 Å². The topological polar surface area (TPSA) is 80.3 Å². The van der Waals surface area contributed by atoms with Crippen molar-refractivity contribution in [3.05, 3.63) is 58.9 Å². The molecule has 0 aliphatic carbocycles. The fraction of sp³-hybridized carbons (Fsp3) is 0.350. The quantitative estimate of drug-likeness (QED) is 0.866. The van der Waals surface area contributed by atoms with E-state index in [-0.39, 0.29) is 29.3 Å². The zero-order valence-electron chi connectivity index (χ0n) is 15.0. The van der Waals surface area contributed by atoms with Crippen LogP contribution in [0, 0.1) is 13.8 Å². The van der Waals surface area contributed by atoms with Gasteiger partial charge in [0.05, 0.1) is 6.10 Å². The SMILES string of the molecule is Cc1ccc(C)c(NC(=O)c2cccc(C(=O)NCC3CCCO3)n2)c1. The Balaban J connectivity index is 1.66. The van der Waals surface area contributed by atoms with Crippen LogP contribution in [0.4, 0.5) is 5.69 Å². The summed E-state index contributed by atoms with van der Waals surface area (Å²) in [5.74, 6) is -0.644. The first-order valence-electron chi connectivity index (χ1n) is 8.78. The van der Waals surface area contributed by atoms with Gasteiger partial charge in [0.1, 0.15) is 11.4 Å². The summed E-state index contributed by atoms with van der Waals surface area (Å²) in [5.41, 5.74) is 3.19. The van der Waals surface area contributed by atoms with Crippen LogP contribution in [0.1, 0.15) is 44.9 Å². The number of amides is 2. The van der Waals surface area contributed by atoms with Crippen molar-refractivity contribution in [2.75, 3.05) is 18.5 Å². The van der Waals surface area contributed by atoms with Crippen LogP contribution >= 0.6 is 0 Å². The van der Waals surface area contributed by atoms with E-state index in [1.165, 1.54) is 0 Å². The number of ether oxygens (including phenoxy) is 1. The minimum atomic E-state index is -0.340. The molecule has 2 heterocycles. The smallest absolute Gasteiger partial charge is 0.274 e. The second-order valence-corrected chi connectivity index (χ2v) is 6.53. The first kappa shape index (κ1) is 18.1. The number of aromatic nitrogens is 1. The highest BCUT2D eigenvalue weighted by Crippen LogP contribution is 2.17. The molecule has 1 unspecified atom stereocenters. The van der Waals surface area contributed by atoms with Crippen molar-refractivity contribution >= 4 is 17.5 Å². The molecule has 1 aliphatic rings. The Labute approximate surface area is 153 Å². The summed E-state index contributed by atoms with van der Waals surface area (Å²) in [6.45, 7) is 5.09. The lowest BCUT2D eigenvalue weighted by atomic mass is 10.1. The minimum absolute atomic E-state index is 0.0646. The Morgan fingerprint density at radius 2 is 1.92 bits per heavy atom. The maximum absolute atomic E-state index is 12.5. The van der Waals surface area contributed by atoms with Crippen molar-refractivity contribution in [1.82, 2.24) is 10.3 Å². The molecule has 2 aromatic rings. The van der Waals surface area contributed by atoms with Crippen LogP contribution in [0.15, 0.2) is 36.4 Å². The summed E-state index contributed by atoms with van der Waals surface area (Å²) in [6.07, 6.45) is 2.04. The van der Waals surface area contributed by atoms with Crippen LogP contribution in [-0.2, 0) is 4.74 Å². The van der Waals surface area contributed by atoms with E-state index in [2.05, 4.69) is 15.6 Å². The van der Waals surface area contributed by atoms with Crippen molar-refractivity contribution in [3.63, 3.8) is 0 Å². The minimum Gasteiger partial charge on any atom is -0.376 e. The van der Waals surface area contributed by atoms with Gasteiger partial charge in [0.15, 0.2) is 0 Å². The monoisotopic (exact) mass is 353 g/mol. The van der Waals surface area contributed by atoms with Gasteiger partial charge in [-0.15, -0.1) is 0 Å². The molecule has 136 valence electrons. The summed E-state index contributed by atoms with van der Waals surface area (Å²) in [5, 5.41) is 5.67. The highest BCUT2D eigenvalue weighted by Gasteiger charge is 2.18. The van der Waals surface area contributed by atoms with Crippen LogP contribution in [0.25, 0.3) is 0 Å². The highest BCUT2D eigenvalue weighted by molar-refractivity contribution is 6.04. The molecular formula is C20H23N3O3. The van der Waals surface area contributed by atoms with Crippen molar-refractivity contribution in [1.29, 1.82) is 0 Å². The van der Waals surface area contributed by atoms with Gasteiger partial charge in [-0.1, -0.05) is 18.2 Å². The normalized spacial score (nSPS) is 16.3. The van der Waals surface area contributed by atoms with Gasteiger partial charge < -0.3 is 15.4 Å². The van der Waals surface area contributed by atoms with Gasteiger partial charge in [-0.2, -0.15) is 0 Å². The van der Waals surface area contributed by atoms with E-state index in [9.17, 15) is 9.59 Å². The lowest BCUT2D eigenvalue weighted by Crippen LogP contribution is -2.32. The molecule has 1 fully saturated rings. The number of pyridine rings is 1. The largest absolute Gasteiger partial charge is 0.376 e. The molecule has 26 heavy (non-hydrogen) atoms. The Morgan fingerprint density at radius 1 is 1.15 bits per heavy atom. The van der Waals surface area contributed by atoms with Gasteiger partial charge in [0.25, 0.3) is 11.8 Å². The molecule has 6 nitrogen and oxygen atoms in total. The average molecular weight is 353 g/mol. The maximum Gasteiger partial charge on any atom is 0.274 e. The summed E-state index contributed by atoms with van der Waals surface area (Å²) in [6, 6.07) is 10.7. The van der Waals surface area contributed by atoms with Crippen LogP contribution in [0.5, 0.6) is 0 Å². The van der Waals surface area contributed by atoms with Crippen LogP contribution in [-0.4, -0.2) is 36.1 Å². The molecule has 1 atom stereocenters. The molecule has 3 rings (SSSR count). The number of nitrogens with one attached hydrogen (secondary N) is 2. The van der Waals surface area contributed by atoms with Gasteiger partial charge >= 0.3 is 0 Å². The van der Waals surface area contributed by atoms with E-state index in [0.29, 0.717) is 6.54 Å². The van der Waals surface area contributed by atoms with E-state index in [1.54, 1.807) is 18.2 Å². The second kappa shape index (κ2) is 8.10. The molecular weight excluding hydrogens is 330 g/mol. The summed E-state index contributed by atoms with van der Waals surface area (Å²) in [7, 11) is 0. The number of anilines is 1. The zero-order valence-corrected chi connectivity index (χ0v) is 15.0. The van der Waals surface area contributed by atoms with Crippen LogP contribution in [0.2, 0.25) is 0 Å². The lowest BCUT2D eigenvalue weighted by Gasteiger charge is -2.11. The molecule has 0 bridgehead atoms. The Hall–Kier alpha value is -2.73. The van der Waals surface area contributed by atoms with Crippen LogP contribution in [0.3, 0.4) is 0 Å². The number of benzene rings is 1. The van der Waals surface area contributed by atoms with E-state index in [0.717, 1.165) is 36.3 Å². The molecule has 1 aromatic carbocycles. The molecule has 1 saturated heterocycles. The first-order valence-corrected chi connectivity index (χ1v) is 8.78. The standard InChI is InChI=1S/C20H23N3O3/c1-13-8-9-14(2)18(11-13)23-20(25)17-7-3-6-16(22-17)19(24)21-12-15-5-4-10-26-15/h3,6-9,11,15H,4-5,10,12H2,1-2H3,(H,21,24)(H,23,25). The molecule has 2 amide bonds. The number of carbonyl (C=O) groups excluding carboxylic acids is 2. The van der Waals surface area contributed by atoms with E-state index >= 15 is 0 Å². The van der Waals surface area contributed by atoms with E-state index < -0.39 is 0 Å². The average Bonchev–Trinajstić information content (AvgIpc) is 3.16. The number of nitrogens with zero attached hydrogens (tertiary/aromatic N) is 1. The molecule has 0 radical (unpaired) electrons. The maximum atomic E-state index is 12.5. The molecule has 1 aliphatic heterocycles. The third-order valence-corrected chi connectivity index (χ3v) is 4.37. The number of aryl methyl sites for hydroxylation is 2. The fourth-order valence-electron chi connectivity index (χ4n) is 2.85. The predicted molar refractivity (Wildman–Crippen MR) is 99.4 cm³/mol. The van der Waals surface area contributed by atoms with Crippen LogP contribution < -0.4 is 10.6 Å². The summed E-state index contributed by atoms with van der Waals surface area (Å²) in [4.78, 5) is 29.0. The van der Waals surface area contributed by atoms with Gasteiger partial charge in [0.2, 0.25) is 0 Å². The molecule has 0 spiro atoms. The Bertz CT molecular complexity index is 814. The molecule has 0 saturated carbocycles. The Morgan fingerprint density at radius 3 is 2.65 bits per heavy atom. The van der Waals surface area contributed by atoms with Gasteiger partial charge in [-0.05, 0) is 56.0 Å². The van der Waals surface area contributed by atoms with E-state index in [1.807, 2.05) is 32.0 Å². The molecule has 1 aromatic heterocycles. The number of carbonyl (C=O) groups is 2. The number of hydrogen-bond donors (Lipinski definition) is 2. The van der Waals surface area contributed by atoms with Gasteiger partial charge in [-0.25, -0.2) is 4.98 Å². The van der Waals surface area contributed by atoms with Crippen molar-refractivity contribution in [2.45, 2.75) is 32.8 Å². The predicted octanol–water partition coefficient (Wildman–Crippen LogP) is 2.86. The van der Waals surface area contributed by atoms with Crippen molar-refractivity contribution in [3.8, 4) is 0 Å². The third-order valence-electron chi connectivity index (χ3n) is 4.37. The third kappa shape index (κ3) is 4.46. The van der Waals surface area contributed by atoms with E-state index in [4.69, 9.17) is 4.74 Å². The number of rotatable bonds is 5.